The van der Waals surface area contributed by atoms with Gasteiger partial charge in [0.2, 0.25) is 0 Å². The lowest BCUT2D eigenvalue weighted by Gasteiger charge is -2.29. The van der Waals surface area contributed by atoms with Gasteiger partial charge in [-0.3, -0.25) is 0 Å². The summed E-state index contributed by atoms with van der Waals surface area (Å²) in [4.78, 5) is 2.09. The summed E-state index contributed by atoms with van der Waals surface area (Å²) in [5.74, 6) is -0.0102. The lowest BCUT2D eigenvalue weighted by molar-refractivity contribution is 0.583. The molecule has 20 heavy (non-hydrogen) atoms. The molecular weight excluding hydrogens is 249 g/mol. The van der Waals surface area contributed by atoms with Crippen LogP contribution in [0.1, 0.15) is 17.5 Å². The minimum Gasteiger partial charge on any atom is -0.364 e. The minimum absolute atomic E-state index is 0.0102. The van der Waals surface area contributed by atoms with E-state index in [2.05, 4.69) is 4.90 Å². The zero-order valence-corrected chi connectivity index (χ0v) is 11.6. The van der Waals surface area contributed by atoms with E-state index in [-0.39, 0.29) is 5.83 Å². The third-order valence-electron chi connectivity index (χ3n) is 3.81. The number of hydrogen-bond donors (Lipinski definition) is 0. The first-order chi connectivity index (χ1) is 9.74. The number of hydrogen-bond acceptors (Lipinski definition) is 1. The first kappa shape index (κ1) is 12.9. The molecule has 2 heteroatoms. The van der Waals surface area contributed by atoms with Crippen molar-refractivity contribution in [1.82, 2.24) is 0 Å². The van der Waals surface area contributed by atoms with E-state index in [1.54, 1.807) is 0 Å². The quantitative estimate of drug-likeness (QED) is 0.769. The Kier molecular flexibility index (Phi) is 3.55. The fourth-order valence-electron chi connectivity index (χ4n) is 2.64. The molecule has 102 valence electrons. The molecule has 0 bridgehead atoms. The van der Waals surface area contributed by atoms with Crippen molar-refractivity contribution in [2.75, 3.05) is 18.0 Å². The van der Waals surface area contributed by atoms with Gasteiger partial charge in [-0.2, -0.15) is 0 Å². The second-order valence-electron chi connectivity index (χ2n) is 5.26. The maximum atomic E-state index is 14.4. The number of halogens is 1. The van der Waals surface area contributed by atoms with Crippen LogP contribution in [0.25, 0.3) is 5.57 Å². The Hall–Kier alpha value is -2.09. The molecule has 0 spiro atoms. The molecule has 1 aliphatic heterocycles. The molecule has 3 rings (SSSR count). The summed E-state index contributed by atoms with van der Waals surface area (Å²) in [6, 6.07) is 18.1. The van der Waals surface area contributed by atoms with Gasteiger partial charge < -0.3 is 4.90 Å². The van der Waals surface area contributed by atoms with Gasteiger partial charge in [-0.25, -0.2) is 4.39 Å². The minimum atomic E-state index is -0.0102. The Balaban J connectivity index is 1.84. The van der Waals surface area contributed by atoms with E-state index in [0.29, 0.717) is 6.54 Å². The summed E-state index contributed by atoms with van der Waals surface area (Å²) in [7, 11) is 0. The molecule has 0 saturated carbocycles. The van der Waals surface area contributed by atoms with E-state index in [0.717, 1.165) is 29.8 Å². The maximum absolute atomic E-state index is 14.4. The predicted molar refractivity (Wildman–Crippen MR) is 82.5 cm³/mol. The van der Waals surface area contributed by atoms with E-state index in [1.165, 1.54) is 5.56 Å². The number of aryl methyl sites for hydroxylation is 1. The highest BCUT2D eigenvalue weighted by Crippen LogP contribution is 2.30. The van der Waals surface area contributed by atoms with Crippen LogP contribution in [-0.2, 0) is 0 Å². The SMILES string of the molecule is Cc1ccc(C2=C(F)CN(c3ccccc3)CC2)cc1. The zero-order chi connectivity index (χ0) is 13.9. The van der Waals surface area contributed by atoms with E-state index >= 15 is 0 Å². The largest absolute Gasteiger partial charge is 0.364 e. The highest BCUT2D eigenvalue weighted by atomic mass is 19.1. The second kappa shape index (κ2) is 5.49. The molecule has 0 radical (unpaired) electrons. The number of para-hydroxylation sites is 1. The van der Waals surface area contributed by atoms with Crippen LogP contribution < -0.4 is 4.90 Å². The van der Waals surface area contributed by atoms with Gasteiger partial charge in [-0.15, -0.1) is 0 Å². The van der Waals surface area contributed by atoms with Gasteiger partial charge >= 0.3 is 0 Å². The Morgan fingerprint density at radius 1 is 0.950 bits per heavy atom. The zero-order valence-electron chi connectivity index (χ0n) is 11.6. The average molecular weight is 267 g/mol. The van der Waals surface area contributed by atoms with Crippen molar-refractivity contribution in [2.24, 2.45) is 0 Å². The summed E-state index contributed by atoms with van der Waals surface area (Å²) in [6.07, 6.45) is 0.754. The smallest absolute Gasteiger partial charge is 0.123 e. The highest BCUT2D eigenvalue weighted by Gasteiger charge is 2.20. The second-order valence-corrected chi connectivity index (χ2v) is 5.26. The molecule has 0 aromatic heterocycles. The van der Waals surface area contributed by atoms with Crippen LogP contribution in [0.3, 0.4) is 0 Å². The van der Waals surface area contributed by atoms with E-state index in [9.17, 15) is 4.39 Å². The van der Waals surface area contributed by atoms with Crippen LogP contribution in [0.5, 0.6) is 0 Å². The van der Waals surface area contributed by atoms with Gasteiger partial charge in [0.25, 0.3) is 0 Å². The lowest BCUT2D eigenvalue weighted by atomic mass is 9.97. The first-order valence-electron chi connectivity index (χ1n) is 6.98. The topological polar surface area (TPSA) is 3.24 Å². The summed E-state index contributed by atoms with van der Waals surface area (Å²) in [6.45, 7) is 3.28. The van der Waals surface area contributed by atoms with Crippen molar-refractivity contribution in [1.29, 1.82) is 0 Å². The molecular formula is C18H18FN. The Morgan fingerprint density at radius 2 is 1.65 bits per heavy atom. The molecule has 1 nitrogen and oxygen atoms in total. The fourth-order valence-corrected chi connectivity index (χ4v) is 2.64. The van der Waals surface area contributed by atoms with Crippen LogP contribution in [-0.4, -0.2) is 13.1 Å². The molecule has 2 aromatic carbocycles. The van der Waals surface area contributed by atoms with Gasteiger partial charge in [0.05, 0.1) is 6.54 Å². The third kappa shape index (κ3) is 2.60. The van der Waals surface area contributed by atoms with E-state index < -0.39 is 0 Å². The summed E-state index contributed by atoms with van der Waals surface area (Å²) < 4.78 is 14.4. The molecule has 0 atom stereocenters. The van der Waals surface area contributed by atoms with Crippen molar-refractivity contribution >= 4 is 11.3 Å². The number of anilines is 1. The van der Waals surface area contributed by atoms with E-state index in [1.807, 2.05) is 61.5 Å². The summed E-state index contributed by atoms with van der Waals surface area (Å²) in [5, 5.41) is 0. The molecule has 0 unspecified atom stereocenters. The summed E-state index contributed by atoms with van der Waals surface area (Å²) >= 11 is 0. The molecule has 0 amide bonds. The number of rotatable bonds is 2. The molecule has 0 saturated heterocycles. The van der Waals surface area contributed by atoms with Crippen LogP contribution in [0.2, 0.25) is 0 Å². The average Bonchev–Trinajstić information content (AvgIpc) is 2.49. The molecule has 2 aromatic rings. The molecule has 0 aliphatic carbocycles. The van der Waals surface area contributed by atoms with E-state index in [4.69, 9.17) is 0 Å². The van der Waals surface area contributed by atoms with Crippen LogP contribution in [0.4, 0.5) is 10.1 Å². The standard InChI is InChI=1S/C18H18FN/c1-14-7-9-15(10-8-14)17-11-12-20(13-18(17)19)16-5-3-2-4-6-16/h2-10H,11-13H2,1H3. The molecule has 0 N–H and O–H groups in total. The molecule has 0 fully saturated rings. The van der Waals surface area contributed by atoms with Crippen LogP contribution in [0.15, 0.2) is 60.4 Å². The van der Waals surface area contributed by atoms with Gasteiger partial charge in [0.1, 0.15) is 5.83 Å². The Bertz CT molecular complexity index is 614. The number of benzene rings is 2. The third-order valence-corrected chi connectivity index (χ3v) is 3.81. The predicted octanol–water partition coefficient (Wildman–Crippen LogP) is 4.59. The Morgan fingerprint density at radius 3 is 2.30 bits per heavy atom. The highest BCUT2D eigenvalue weighted by molar-refractivity contribution is 5.70. The lowest BCUT2D eigenvalue weighted by Crippen LogP contribution is -2.30. The maximum Gasteiger partial charge on any atom is 0.123 e. The number of nitrogens with zero attached hydrogens (tertiary/aromatic N) is 1. The van der Waals surface area contributed by atoms with Crippen molar-refractivity contribution in [3.63, 3.8) is 0 Å². The first-order valence-corrected chi connectivity index (χ1v) is 6.98. The molecule has 1 heterocycles. The van der Waals surface area contributed by atoms with Crippen molar-refractivity contribution < 1.29 is 4.39 Å². The van der Waals surface area contributed by atoms with Crippen LogP contribution in [0, 0.1) is 6.92 Å². The normalized spacial score (nSPS) is 15.6. The van der Waals surface area contributed by atoms with Gasteiger partial charge in [-0.05, 0) is 36.6 Å². The van der Waals surface area contributed by atoms with Crippen molar-refractivity contribution in [3.8, 4) is 0 Å². The van der Waals surface area contributed by atoms with Crippen molar-refractivity contribution in [3.05, 3.63) is 71.6 Å². The van der Waals surface area contributed by atoms with Crippen LogP contribution >= 0.6 is 0 Å². The summed E-state index contributed by atoms with van der Waals surface area (Å²) in [5.41, 5.74) is 4.17. The monoisotopic (exact) mass is 267 g/mol. The van der Waals surface area contributed by atoms with Crippen molar-refractivity contribution in [2.45, 2.75) is 13.3 Å². The van der Waals surface area contributed by atoms with Gasteiger partial charge in [-0.1, -0.05) is 48.0 Å². The Labute approximate surface area is 119 Å². The van der Waals surface area contributed by atoms with Gasteiger partial charge in [0, 0.05) is 12.2 Å². The van der Waals surface area contributed by atoms with Gasteiger partial charge in [0.15, 0.2) is 0 Å². The molecule has 1 aliphatic rings. The fraction of sp³-hybridized carbons (Fsp3) is 0.222.